The number of hydrogen-bond acceptors (Lipinski definition) is 7. The van der Waals surface area contributed by atoms with Crippen molar-refractivity contribution in [2.75, 3.05) is 21.3 Å². The molecule has 7 nitrogen and oxygen atoms in total. The summed E-state index contributed by atoms with van der Waals surface area (Å²) >= 11 is 0. The Balaban J connectivity index is 1.93. The molecule has 2 aliphatic rings. The van der Waals surface area contributed by atoms with Gasteiger partial charge in [-0.25, -0.2) is 4.79 Å². The zero-order valence-electron chi connectivity index (χ0n) is 20.1. The highest BCUT2D eigenvalue weighted by Crippen LogP contribution is 2.47. The molecule has 1 fully saturated rings. The zero-order chi connectivity index (χ0) is 23.6. The third kappa shape index (κ3) is 4.89. The Morgan fingerprint density at radius 3 is 2.31 bits per heavy atom. The Hall–Kier alpha value is -2.25. The molecule has 7 heteroatoms. The molecule has 0 bridgehead atoms. The molecule has 1 aliphatic carbocycles. The van der Waals surface area contributed by atoms with Crippen molar-refractivity contribution in [1.29, 1.82) is 0 Å². The summed E-state index contributed by atoms with van der Waals surface area (Å²) in [7, 11) is 4.51. The van der Waals surface area contributed by atoms with Gasteiger partial charge in [0.1, 0.15) is 12.2 Å². The van der Waals surface area contributed by atoms with Crippen LogP contribution in [-0.2, 0) is 9.47 Å². The van der Waals surface area contributed by atoms with Crippen LogP contribution in [0.5, 0.6) is 17.2 Å². The molecule has 0 saturated carbocycles. The van der Waals surface area contributed by atoms with Crippen LogP contribution in [0, 0.1) is 11.8 Å². The van der Waals surface area contributed by atoms with E-state index in [1.807, 2.05) is 27.7 Å². The second kappa shape index (κ2) is 9.71. The maximum atomic E-state index is 13.2. The largest absolute Gasteiger partial charge is 0.493 e. The van der Waals surface area contributed by atoms with Gasteiger partial charge in [0.25, 0.3) is 0 Å². The van der Waals surface area contributed by atoms with Gasteiger partial charge in [-0.2, -0.15) is 0 Å². The number of fused-ring (bicyclic) bond motifs is 1. The van der Waals surface area contributed by atoms with Crippen LogP contribution in [0.3, 0.4) is 0 Å². The summed E-state index contributed by atoms with van der Waals surface area (Å²) in [6.45, 7) is 8.16. The lowest BCUT2D eigenvalue weighted by Gasteiger charge is -2.34. The molecule has 0 aromatic heterocycles. The highest BCUT2D eigenvalue weighted by Gasteiger charge is 2.58. The van der Waals surface area contributed by atoms with E-state index in [-0.39, 0.29) is 23.5 Å². The molecule has 1 saturated heterocycles. The number of methoxy groups -OCH3 is 3. The van der Waals surface area contributed by atoms with E-state index < -0.39 is 18.2 Å². The molecule has 1 aliphatic heterocycles. The number of carbonyl (C=O) groups excluding carboxylic acids is 1. The van der Waals surface area contributed by atoms with Crippen LogP contribution in [0.1, 0.15) is 57.3 Å². The number of ether oxygens (including phenoxy) is 5. The molecule has 32 heavy (non-hydrogen) atoms. The highest BCUT2D eigenvalue weighted by atomic mass is 16.6. The van der Waals surface area contributed by atoms with Gasteiger partial charge in [-0.1, -0.05) is 25.5 Å². The fraction of sp³-hybridized carbons (Fsp3) is 0.640. The van der Waals surface area contributed by atoms with E-state index in [1.165, 1.54) is 21.3 Å². The van der Waals surface area contributed by atoms with Crippen LogP contribution >= 0.6 is 0 Å². The Labute approximate surface area is 190 Å². The smallest absolute Gasteiger partial charge is 0.338 e. The molecule has 3 rings (SSSR count). The third-order valence-electron chi connectivity index (χ3n) is 6.66. The van der Waals surface area contributed by atoms with E-state index in [0.717, 1.165) is 18.4 Å². The molecule has 0 amide bonds. The normalized spacial score (nSPS) is 30.1. The monoisotopic (exact) mass is 448 g/mol. The first kappa shape index (κ1) is 24.4. The van der Waals surface area contributed by atoms with Crippen LogP contribution in [0.2, 0.25) is 0 Å². The topological polar surface area (TPSA) is 86.8 Å². The number of carbonyl (C=O) groups is 1. The van der Waals surface area contributed by atoms with Gasteiger partial charge < -0.3 is 28.8 Å². The summed E-state index contributed by atoms with van der Waals surface area (Å²) in [5.41, 5.74) is 1.10. The maximum Gasteiger partial charge on any atom is 0.338 e. The van der Waals surface area contributed by atoms with E-state index in [1.54, 1.807) is 12.1 Å². The fourth-order valence-corrected chi connectivity index (χ4v) is 4.80. The van der Waals surface area contributed by atoms with Crippen molar-refractivity contribution in [2.45, 2.75) is 70.9 Å². The SMILES string of the molecule is COc1cc(C(=O)O[C@H]2CC(C)=CCC[C@@]3(C)O[C@@H]3[C@@H](O)[C@H]2C(C)C)cc(OC)c1OC. The summed E-state index contributed by atoms with van der Waals surface area (Å²) in [5.74, 6) is 0.477. The van der Waals surface area contributed by atoms with E-state index in [2.05, 4.69) is 6.08 Å². The number of rotatable bonds is 6. The minimum Gasteiger partial charge on any atom is -0.493 e. The number of hydrogen-bond donors (Lipinski definition) is 1. The maximum absolute atomic E-state index is 13.2. The van der Waals surface area contributed by atoms with Gasteiger partial charge in [0.05, 0.1) is 38.6 Å². The molecule has 1 N–H and O–H groups in total. The standard InChI is InChI=1S/C25H36O7/c1-14(2)20-17(11-15(3)9-8-10-25(4)23(32-25)21(20)26)31-24(27)16-12-18(28-5)22(30-7)19(13-16)29-6/h9,12-14,17,20-21,23,26H,8,10-11H2,1-7H3/t17-,20-,21-,23+,25+/m0/s1. The number of epoxide rings is 1. The lowest BCUT2D eigenvalue weighted by molar-refractivity contribution is -0.0419. The molecule has 0 unspecified atom stereocenters. The minimum atomic E-state index is -0.719. The molecular formula is C25H36O7. The second-order valence-electron chi connectivity index (χ2n) is 9.31. The van der Waals surface area contributed by atoms with Crippen molar-refractivity contribution in [3.05, 3.63) is 29.3 Å². The molecule has 178 valence electrons. The minimum absolute atomic E-state index is 0.0865. The first-order chi connectivity index (χ1) is 15.1. The number of aliphatic hydroxyl groups excluding tert-OH is 1. The molecule has 5 atom stereocenters. The summed E-state index contributed by atoms with van der Waals surface area (Å²) in [5, 5.41) is 11.2. The molecule has 1 aromatic rings. The second-order valence-corrected chi connectivity index (χ2v) is 9.31. The first-order valence-electron chi connectivity index (χ1n) is 11.2. The van der Waals surface area contributed by atoms with Gasteiger partial charge >= 0.3 is 5.97 Å². The zero-order valence-corrected chi connectivity index (χ0v) is 20.1. The Kier molecular flexibility index (Phi) is 7.40. The average molecular weight is 449 g/mol. The van der Waals surface area contributed by atoms with Crippen molar-refractivity contribution in [1.82, 2.24) is 0 Å². The highest BCUT2D eigenvalue weighted by molar-refractivity contribution is 5.91. The number of esters is 1. The van der Waals surface area contributed by atoms with Gasteiger partial charge in [-0.3, -0.25) is 0 Å². The number of allylic oxidation sites excluding steroid dienone is 1. The fourth-order valence-electron chi connectivity index (χ4n) is 4.80. The van der Waals surface area contributed by atoms with Crippen LogP contribution < -0.4 is 14.2 Å². The number of aliphatic hydroxyl groups is 1. The Morgan fingerprint density at radius 1 is 1.16 bits per heavy atom. The molecule has 0 spiro atoms. The summed E-state index contributed by atoms with van der Waals surface area (Å²) in [6, 6.07) is 3.16. The third-order valence-corrected chi connectivity index (χ3v) is 6.66. The van der Waals surface area contributed by atoms with Crippen LogP contribution in [0.25, 0.3) is 0 Å². The van der Waals surface area contributed by atoms with E-state index in [4.69, 9.17) is 23.7 Å². The van der Waals surface area contributed by atoms with Crippen molar-refractivity contribution >= 4 is 5.97 Å². The van der Waals surface area contributed by atoms with E-state index in [9.17, 15) is 9.90 Å². The number of benzene rings is 1. The molecule has 0 radical (unpaired) electrons. The first-order valence-corrected chi connectivity index (χ1v) is 11.2. The quantitative estimate of drug-likeness (QED) is 0.397. The Bertz CT molecular complexity index is 837. The van der Waals surface area contributed by atoms with Crippen LogP contribution in [0.15, 0.2) is 23.8 Å². The lowest BCUT2D eigenvalue weighted by Crippen LogP contribution is -2.43. The van der Waals surface area contributed by atoms with Crippen LogP contribution in [-0.4, -0.2) is 56.3 Å². The Morgan fingerprint density at radius 2 is 1.78 bits per heavy atom. The molecular weight excluding hydrogens is 412 g/mol. The van der Waals surface area contributed by atoms with Crippen LogP contribution in [0.4, 0.5) is 0 Å². The lowest BCUT2D eigenvalue weighted by atomic mass is 9.78. The van der Waals surface area contributed by atoms with Crippen molar-refractivity contribution in [3.8, 4) is 17.2 Å². The van der Waals surface area contributed by atoms with E-state index >= 15 is 0 Å². The predicted molar refractivity (Wildman–Crippen MR) is 121 cm³/mol. The van der Waals surface area contributed by atoms with E-state index in [0.29, 0.717) is 29.2 Å². The van der Waals surface area contributed by atoms with Gasteiger partial charge in [-0.15, -0.1) is 0 Å². The van der Waals surface area contributed by atoms with Crippen molar-refractivity contribution in [3.63, 3.8) is 0 Å². The van der Waals surface area contributed by atoms with Gasteiger partial charge in [0.15, 0.2) is 11.5 Å². The van der Waals surface area contributed by atoms with Crippen molar-refractivity contribution in [2.24, 2.45) is 11.8 Å². The van der Waals surface area contributed by atoms with Gasteiger partial charge in [0, 0.05) is 12.3 Å². The molecule has 1 heterocycles. The summed E-state index contributed by atoms with van der Waals surface area (Å²) in [6.07, 6.45) is 3.00. The molecule has 1 aromatic carbocycles. The predicted octanol–water partition coefficient (Wildman–Crippen LogP) is 4.16. The average Bonchev–Trinajstić information content (AvgIpc) is 3.43. The summed E-state index contributed by atoms with van der Waals surface area (Å²) < 4.78 is 28.1. The van der Waals surface area contributed by atoms with Gasteiger partial charge in [0.2, 0.25) is 5.75 Å². The van der Waals surface area contributed by atoms with Crippen molar-refractivity contribution < 1.29 is 33.6 Å². The van der Waals surface area contributed by atoms with Gasteiger partial charge in [-0.05, 0) is 44.7 Å². The summed E-state index contributed by atoms with van der Waals surface area (Å²) in [4.78, 5) is 13.2.